The normalized spacial score (nSPS) is 10.4. The van der Waals surface area contributed by atoms with Gasteiger partial charge in [0.1, 0.15) is 5.56 Å². The molecule has 4 heteroatoms. The molecule has 4 nitrogen and oxygen atoms in total. The average Bonchev–Trinajstić information content (AvgIpc) is 2.56. The summed E-state index contributed by atoms with van der Waals surface area (Å²) in [6, 6.07) is 17.8. The van der Waals surface area contributed by atoms with Crippen molar-refractivity contribution < 1.29 is 9.90 Å². The van der Waals surface area contributed by atoms with Gasteiger partial charge in [0.05, 0.1) is 5.69 Å². The van der Waals surface area contributed by atoms with Crippen LogP contribution in [0.25, 0.3) is 22.3 Å². The molecule has 0 fully saturated rings. The molecule has 0 saturated carbocycles. The van der Waals surface area contributed by atoms with Gasteiger partial charge in [-0.3, -0.25) is 4.98 Å². The fraction of sp³-hybridized carbons (Fsp3) is 0. The van der Waals surface area contributed by atoms with Crippen molar-refractivity contribution >= 4 is 11.7 Å². The number of anilines is 1. The standard InChI is InChI=1S/C18H14N2O2/c19-17-15(10-20-11-16(17)18(21)22)14-8-6-13(7-9-14)12-4-2-1-3-5-12/h1-11H,(H2,19,20)(H,21,22). The zero-order valence-corrected chi connectivity index (χ0v) is 11.7. The zero-order chi connectivity index (χ0) is 15.5. The van der Waals surface area contributed by atoms with E-state index in [-0.39, 0.29) is 11.3 Å². The molecule has 0 aliphatic carbocycles. The number of pyridine rings is 1. The highest BCUT2D eigenvalue weighted by molar-refractivity contribution is 5.97. The molecule has 108 valence electrons. The highest BCUT2D eigenvalue weighted by atomic mass is 16.4. The topological polar surface area (TPSA) is 76.2 Å². The van der Waals surface area contributed by atoms with Crippen LogP contribution in [-0.4, -0.2) is 16.1 Å². The Labute approximate surface area is 127 Å². The van der Waals surface area contributed by atoms with Crippen molar-refractivity contribution in [2.45, 2.75) is 0 Å². The molecule has 22 heavy (non-hydrogen) atoms. The molecule has 1 heterocycles. The van der Waals surface area contributed by atoms with Crippen LogP contribution in [0.4, 0.5) is 5.69 Å². The fourth-order valence-corrected chi connectivity index (χ4v) is 2.34. The third kappa shape index (κ3) is 2.54. The molecule has 0 saturated heterocycles. The maximum atomic E-state index is 11.1. The number of aromatic nitrogens is 1. The van der Waals surface area contributed by atoms with Crippen LogP contribution in [0.5, 0.6) is 0 Å². The van der Waals surface area contributed by atoms with Crippen molar-refractivity contribution in [2.24, 2.45) is 0 Å². The van der Waals surface area contributed by atoms with Gasteiger partial charge in [0.2, 0.25) is 0 Å². The Hall–Kier alpha value is -3.14. The van der Waals surface area contributed by atoms with E-state index in [0.717, 1.165) is 16.7 Å². The van der Waals surface area contributed by atoms with Crippen LogP contribution in [0, 0.1) is 0 Å². The van der Waals surface area contributed by atoms with Gasteiger partial charge in [0.15, 0.2) is 0 Å². The van der Waals surface area contributed by atoms with Gasteiger partial charge >= 0.3 is 5.97 Å². The summed E-state index contributed by atoms with van der Waals surface area (Å²) in [5.74, 6) is -1.08. The summed E-state index contributed by atoms with van der Waals surface area (Å²) < 4.78 is 0. The highest BCUT2D eigenvalue weighted by Crippen LogP contribution is 2.29. The van der Waals surface area contributed by atoms with Crippen LogP contribution in [0.2, 0.25) is 0 Å². The average molecular weight is 290 g/mol. The molecule has 3 rings (SSSR count). The summed E-state index contributed by atoms with van der Waals surface area (Å²) in [5, 5.41) is 9.11. The summed E-state index contributed by atoms with van der Waals surface area (Å²) in [4.78, 5) is 15.1. The van der Waals surface area contributed by atoms with Gasteiger partial charge in [-0.2, -0.15) is 0 Å². The van der Waals surface area contributed by atoms with E-state index in [4.69, 9.17) is 10.8 Å². The molecule has 0 spiro atoms. The van der Waals surface area contributed by atoms with Crippen LogP contribution in [0.1, 0.15) is 10.4 Å². The lowest BCUT2D eigenvalue weighted by molar-refractivity contribution is 0.0697. The van der Waals surface area contributed by atoms with Gasteiger partial charge in [-0.25, -0.2) is 4.79 Å². The van der Waals surface area contributed by atoms with Crippen molar-refractivity contribution in [2.75, 3.05) is 5.73 Å². The number of carbonyl (C=O) groups is 1. The molecular weight excluding hydrogens is 276 g/mol. The molecule has 0 atom stereocenters. The number of carboxylic acids is 1. The number of nitrogens with two attached hydrogens (primary N) is 1. The predicted molar refractivity (Wildman–Crippen MR) is 86.5 cm³/mol. The van der Waals surface area contributed by atoms with Crippen molar-refractivity contribution in [3.63, 3.8) is 0 Å². The molecule has 2 aromatic carbocycles. The quantitative estimate of drug-likeness (QED) is 0.771. The van der Waals surface area contributed by atoms with Crippen LogP contribution < -0.4 is 5.73 Å². The van der Waals surface area contributed by atoms with Crippen molar-refractivity contribution in [1.82, 2.24) is 4.98 Å². The first-order valence-corrected chi connectivity index (χ1v) is 6.79. The third-order valence-corrected chi connectivity index (χ3v) is 3.52. The van der Waals surface area contributed by atoms with Crippen LogP contribution in [0.15, 0.2) is 67.0 Å². The minimum Gasteiger partial charge on any atom is -0.478 e. The second-order valence-corrected chi connectivity index (χ2v) is 4.90. The minimum absolute atomic E-state index is 0.0182. The smallest absolute Gasteiger partial charge is 0.339 e. The Morgan fingerprint density at radius 1 is 0.864 bits per heavy atom. The van der Waals surface area contributed by atoms with Crippen molar-refractivity contribution in [1.29, 1.82) is 0 Å². The molecule has 0 radical (unpaired) electrons. The first kappa shape index (κ1) is 13.8. The Morgan fingerprint density at radius 3 is 2.09 bits per heavy atom. The van der Waals surface area contributed by atoms with E-state index in [0.29, 0.717) is 5.56 Å². The Kier molecular flexibility index (Phi) is 3.58. The molecule has 0 bridgehead atoms. The van der Waals surface area contributed by atoms with Crippen molar-refractivity contribution in [3.8, 4) is 22.3 Å². The number of aromatic carboxylic acids is 1. The maximum absolute atomic E-state index is 11.1. The number of nitrogen functional groups attached to an aromatic ring is 1. The molecule has 3 N–H and O–H groups in total. The van der Waals surface area contributed by atoms with Gasteiger partial charge < -0.3 is 10.8 Å². The van der Waals surface area contributed by atoms with Crippen LogP contribution in [-0.2, 0) is 0 Å². The van der Waals surface area contributed by atoms with Gasteiger partial charge in [-0.1, -0.05) is 54.6 Å². The van der Waals surface area contributed by atoms with E-state index in [9.17, 15) is 4.79 Å². The molecule has 0 aliphatic rings. The van der Waals surface area contributed by atoms with Gasteiger partial charge in [-0.15, -0.1) is 0 Å². The summed E-state index contributed by atoms with van der Waals surface area (Å²) in [7, 11) is 0. The second-order valence-electron chi connectivity index (χ2n) is 4.90. The molecule has 1 aromatic heterocycles. The molecule has 0 unspecified atom stereocenters. The Bertz CT molecular complexity index is 812. The lowest BCUT2D eigenvalue weighted by Gasteiger charge is -2.09. The van der Waals surface area contributed by atoms with Gasteiger partial charge in [0, 0.05) is 18.0 Å². The Balaban J connectivity index is 2.01. The lowest BCUT2D eigenvalue weighted by atomic mass is 9.99. The summed E-state index contributed by atoms with van der Waals surface area (Å²) in [6.07, 6.45) is 2.85. The molecule has 3 aromatic rings. The summed E-state index contributed by atoms with van der Waals surface area (Å²) in [6.45, 7) is 0. The summed E-state index contributed by atoms with van der Waals surface area (Å²) >= 11 is 0. The van der Waals surface area contributed by atoms with E-state index in [2.05, 4.69) is 4.98 Å². The highest BCUT2D eigenvalue weighted by Gasteiger charge is 2.13. The van der Waals surface area contributed by atoms with Crippen molar-refractivity contribution in [3.05, 3.63) is 72.6 Å². The SMILES string of the molecule is Nc1c(C(=O)O)cncc1-c1ccc(-c2ccccc2)cc1. The fourth-order valence-electron chi connectivity index (χ4n) is 2.34. The third-order valence-electron chi connectivity index (χ3n) is 3.52. The Morgan fingerprint density at radius 2 is 1.45 bits per heavy atom. The molecule has 0 aliphatic heterocycles. The maximum Gasteiger partial charge on any atom is 0.339 e. The number of hydrogen-bond donors (Lipinski definition) is 2. The largest absolute Gasteiger partial charge is 0.478 e. The van der Waals surface area contributed by atoms with E-state index in [1.54, 1.807) is 6.20 Å². The van der Waals surface area contributed by atoms with E-state index >= 15 is 0 Å². The first-order chi connectivity index (χ1) is 10.7. The molecular formula is C18H14N2O2. The number of carboxylic acid groups (broad SMARTS) is 1. The molecule has 0 amide bonds. The van der Waals surface area contributed by atoms with Gasteiger partial charge in [0.25, 0.3) is 0 Å². The number of nitrogens with zero attached hydrogens (tertiary/aromatic N) is 1. The monoisotopic (exact) mass is 290 g/mol. The number of hydrogen-bond acceptors (Lipinski definition) is 3. The lowest BCUT2D eigenvalue weighted by Crippen LogP contribution is -2.04. The van der Waals surface area contributed by atoms with Crippen LogP contribution >= 0.6 is 0 Å². The van der Waals surface area contributed by atoms with E-state index < -0.39 is 5.97 Å². The summed E-state index contributed by atoms with van der Waals surface area (Å²) in [5.41, 5.74) is 9.87. The first-order valence-electron chi connectivity index (χ1n) is 6.79. The number of benzene rings is 2. The van der Waals surface area contributed by atoms with E-state index in [1.807, 2.05) is 54.6 Å². The minimum atomic E-state index is -1.08. The van der Waals surface area contributed by atoms with E-state index in [1.165, 1.54) is 6.20 Å². The number of rotatable bonds is 3. The van der Waals surface area contributed by atoms with Crippen LogP contribution in [0.3, 0.4) is 0 Å². The predicted octanol–water partition coefficient (Wildman–Crippen LogP) is 3.70. The second kappa shape index (κ2) is 5.69. The zero-order valence-electron chi connectivity index (χ0n) is 11.7. The van der Waals surface area contributed by atoms with Gasteiger partial charge in [-0.05, 0) is 16.7 Å².